The fourth-order valence-electron chi connectivity index (χ4n) is 5.44. The van der Waals surface area contributed by atoms with E-state index in [0.717, 1.165) is 37.7 Å². The van der Waals surface area contributed by atoms with Gasteiger partial charge in [0.25, 0.3) is 0 Å². The first-order chi connectivity index (χ1) is 15.9. The van der Waals surface area contributed by atoms with Crippen LogP contribution in [0.15, 0.2) is 18.6 Å². The lowest BCUT2D eigenvalue weighted by atomic mass is 9.63. The van der Waals surface area contributed by atoms with Crippen LogP contribution >= 0.6 is 12.4 Å². The summed E-state index contributed by atoms with van der Waals surface area (Å²) in [6.07, 6.45) is 5.26. The number of hydrogen-bond donors (Lipinski definition) is 1. The number of nitriles is 1. The Morgan fingerprint density at radius 1 is 1.35 bits per heavy atom. The van der Waals surface area contributed by atoms with Gasteiger partial charge < -0.3 is 19.9 Å². The van der Waals surface area contributed by atoms with Crippen molar-refractivity contribution >= 4 is 41.3 Å². The summed E-state index contributed by atoms with van der Waals surface area (Å²) in [5.74, 6) is 0.909. The number of halogens is 1. The minimum absolute atomic E-state index is 0. The first kappa shape index (κ1) is 24.2. The number of rotatable bonds is 4. The molecule has 1 saturated carbocycles. The number of anilines is 1. The number of nitrogens with one attached hydrogen (secondary N) is 1. The normalized spacial score (nSPS) is 23.4. The quantitative estimate of drug-likeness (QED) is 0.697. The van der Waals surface area contributed by atoms with Gasteiger partial charge in [0.2, 0.25) is 5.91 Å². The summed E-state index contributed by atoms with van der Waals surface area (Å²) in [5, 5.41) is 12.9. The predicted octanol–water partition coefficient (Wildman–Crippen LogP) is 2.18. The van der Waals surface area contributed by atoms with Crippen molar-refractivity contribution < 1.29 is 14.3 Å². The van der Waals surface area contributed by atoms with Crippen molar-refractivity contribution in [3.8, 4) is 6.07 Å². The van der Waals surface area contributed by atoms with Crippen LogP contribution in [0.4, 0.5) is 10.6 Å². The summed E-state index contributed by atoms with van der Waals surface area (Å²) < 4.78 is 7.17. The van der Waals surface area contributed by atoms with Gasteiger partial charge in [0, 0.05) is 44.8 Å². The summed E-state index contributed by atoms with van der Waals surface area (Å²) in [6, 6.07) is 3.83. The number of hydrogen-bond acceptors (Lipinski definition) is 8. The monoisotopic (exact) mass is 487 g/mol. The Kier molecular flexibility index (Phi) is 6.69. The highest BCUT2D eigenvalue weighted by Gasteiger charge is 2.50. The highest BCUT2D eigenvalue weighted by atomic mass is 35.5. The van der Waals surface area contributed by atoms with Crippen molar-refractivity contribution in [2.24, 2.45) is 11.3 Å². The second-order valence-electron chi connectivity index (χ2n) is 9.76. The summed E-state index contributed by atoms with van der Waals surface area (Å²) in [4.78, 5) is 37.8. The Labute approximate surface area is 204 Å². The van der Waals surface area contributed by atoms with Crippen molar-refractivity contribution in [1.82, 2.24) is 24.8 Å². The standard InChI is InChI=1S/C23H29N7O3.ClH/c1-15-4-7-29(19(31)3-6-24)11-18(15)28(2)20-17-5-8-30(21(17)27-14-26-20)22(32)33-16-9-23(10-16)12-25-13-23;/h5,8,14-16,18,25H,3-4,7,9-13H2,1-2H3;1H/t15-,18+;/m1./s1. The van der Waals surface area contributed by atoms with Crippen LogP contribution in [0.3, 0.4) is 0 Å². The van der Waals surface area contributed by atoms with Crippen molar-refractivity contribution in [3.05, 3.63) is 18.6 Å². The van der Waals surface area contributed by atoms with Gasteiger partial charge in [-0.05, 0) is 31.2 Å². The van der Waals surface area contributed by atoms with Gasteiger partial charge in [0.05, 0.1) is 17.5 Å². The van der Waals surface area contributed by atoms with Gasteiger partial charge >= 0.3 is 6.09 Å². The van der Waals surface area contributed by atoms with E-state index in [0.29, 0.717) is 35.9 Å². The molecule has 2 aromatic heterocycles. The third-order valence-electron chi connectivity index (χ3n) is 7.58. The molecule has 34 heavy (non-hydrogen) atoms. The third kappa shape index (κ3) is 4.18. The molecule has 2 saturated heterocycles. The second kappa shape index (κ2) is 9.39. The number of likely N-dealkylation sites (tertiary alicyclic amines) is 1. The number of piperidine rings is 1. The van der Waals surface area contributed by atoms with Crippen LogP contribution in [-0.4, -0.2) is 76.8 Å². The molecule has 0 aromatic carbocycles. The molecule has 1 amide bonds. The number of carbonyl (C=O) groups is 2. The van der Waals surface area contributed by atoms with E-state index in [4.69, 9.17) is 10.00 Å². The molecule has 4 heterocycles. The molecular formula is C23H30ClN7O3. The number of carbonyl (C=O) groups excluding carboxylic acids is 2. The van der Waals surface area contributed by atoms with Crippen LogP contribution in [0, 0.1) is 22.7 Å². The molecule has 0 bridgehead atoms. The Morgan fingerprint density at radius 2 is 2.12 bits per heavy atom. The molecule has 0 radical (unpaired) electrons. The molecular weight excluding hydrogens is 458 g/mol. The number of likely N-dealkylation sites (N-methyl/N-ethyl adjacent to an activating group) is 1. The van der Waals surface area contributed by atoms with Crippen LogP contribution in [-0.2, 0) is 9.53 Å². The molecule has 11 heteroatoms. The average molecular weight is 488 g/mol. The van der Waals surface area contributed by atoms with Gasteiger partial charge in [-0.2, -0.15) is 5.26 Å². The first-order valence-corrected chi connectivity index (χ1v) is 11.5. The van der Waals surface area contributed by atoms with E-state index < -0.39 is 6.09 Å². The first-order valence-electron chi connectivity index (χ1n) is 11.5. The Morgan fingerprint density at radius 3 is 2.79 bits per heavy atom. The van der Waals surface area contributed by atoms with E-state index >= 15 is 0 Å². The summed E-state index contributed by atoms with van der Waals surface area (Å²) in [7, 11) is 1.96. The number of amides is 1. The van der Waals surface area contributed by atoms with E-state index in [2.05, 4.69) is 27.1 Å². The summed E-state index contributed by atoms with van der Waals surface area (Å²) in [6.45, 7) is 5.37. The van der Waals surface area contributed by atoms with E-state index in [-0.39, 0.29) is 36.9 Å². The van der Waals surface area contributed by atoms with Crippen LogP contribution in [0.5, 0.6) is 0 Å². The fraction of sp³-hybridized carbons (Fsp3) is 0.609. The van der Waals surface area contributed by atoms with Crippen molar-refractivity contribution in [2.75, 3.05) is 38.1 Å². The molecule has 1 spiro atoms. The molecule has 182 valence electrons. The van der Waals surface area contributed by atoms with Gasteiger partial charge in [0.1, 0.15) is 24.7 Å². The Hall–Kier alpha value is -2.90. The van der Waals surface area contributed by atoms with Crippen molar-refractivity contribution in [2.45, 2.75) is 44.8 Å². The average Bonchev–Trinajstić information content (AvgIpc) is 3.19. The van der Waals surface area contributed by atoms with Crippen molar-refractivity contribution in [3.63, 3.8) is 0 Å². The number of aromatic nitrogens is 3. The Balaban J connectivity index is 0.00000274. The predicted molar refractivity (Wildman–Crippen MR) is 128 cm³/mol. The number of ether oxygens (including phenoxy) is 1. The zero-order chi connectivity index (χ0) is 23.2. The molecule has 3 fully saturated rings. The molecule has 2 atom stereocenters. The molecule has 0 unspecified atom stereocenters. The molecule has 2 aliphatic heterocycles. The molecule has 1 aliphatic carbocycles. The maximum Gasteiger partial charge on any atom is 0.419 e. The van der Waals surface area contributed by atoms with Gasteiger partial charge in [-0.25, -0.2) is 19.3 Å². The van der Waals surface area contributed by atoms with E-state index in [1.165, 1.54) is 10.9 Å². The molecule has 5 rings (SSSR count). The van der Waals surface area contributed by atoms with Gasteiger partial charge in [-0.15, -0.1) is 12.4 Å². The third-order valence-corrected chi connectivity index (χ3v) is 7.58. The highest BCUT2D eigenvalue weighted by Crippen LogP contribution is 2.45. The molecule has 2 aromatic rings. The summed E-state index contributed by atoms with van der Waals surface area (Å²) in [5.41, 5.74) is 0.845. The lowest BCUT2D eigenvalue weighted by Crippen LogP contribution is -2.62. The van der Waals surface area contributed by atoms with Crippen LogP contribution in [0.2, 0.25) is 0 Å². The molecule has 10 nitrogen and oxygen atoms in total. The van der Waals surface area contributed by atoms with Crippen LogP contribution in [0.1, 0.15) is 32.6 Å². The van der Waals surface area contributed by atoms with Gasteiger partial charge in [-0.3, -0.25) is 4.79 Å². The lowest BCUT2D eigenvalue weighted by molar-refractivity contribution is -0.131. The minimum Gasteiger partial charge on any atom is -0.446 e. The van der Waals surface area contributed by atoms with E-state index in [9.17, 15) is 9.59 Å². The zero-order valence-electron chi connectivity index (χ0n) is 19.4. The van der Waals surface area contributed by atoms with E-state index in [1.54, 1.807) is 11.1 Å². The second-order valence-corrected chi connectivity index (χ2v) is 9.76. The maximum absolute atomic E-state index is 12.8. The number of nitrogens with zero attached hydrogens (tertiary/aromatic N) is 6. The van der Waals surface area contributed by atoms with Gasteiger partial charge in [0.15, 0.2) is 5.65 Å². The van der Waals surface area contributed by atoms with Gasteiger partial charge in [-0.1, -0.05) is 6.92 Å². The van der Waals surface area contributed by atoms with Crippen LogP contribution < -0.4 is 10.2 Å². The summed E-state index contributed by atoms with van der Waals surface area (Å²) >= 11 is 0. The van der Waals surface area contributed by atoms with Crippen LogP contribution in [0.25, 0.3) is 11.0 Å². The largest absolute Gasteiger partial charge is 0.446 e. The molecule has 1 N–H and O–H groups in total. The molecule has 3 aliphatic rings. The fourth-order valence-corrected chi connectivity index (χ4v) is 5.44. The maximum atomic E-state index is 12.8. The minimum atomic E-state index is -0.413. The highest BCUT2D eigenvalue weighted by molar-refractivity contribution is 5.93. The number of fused-ring (bicyclic) bond motifs is 1. The lowest BCUT2D eigenvalue weighted by Gasteiger charge is -2.53. The Bertz CT molecular complexity index is 1120. The SMILES string of the molecule is C[C@@H]1CCN(C(=O)CC#N)C[C@@H]1N(C)c1ncnc2c1ccn2C(=O)OC1CC2(CNC2)C1.Cl. The van der Waals surface area contributed by atoms with E-state index in [1.807, 2.05) is 19.2 Å². The zero-order valence-corrected chi connectivity index (χ0v) is 20.3. The van der Waals surface area contributed by atoms with Crippen molar-refractivity contribution in [1.29, 1.82) is 5.26 Å². The smallest absolute Gasteiger partial charge is 0.419 e. The topological polar surface area (TPSA) is 116 Å².